The van der Waals surface area contributed by atoms with E-state index in [0.717, 1.165) is 10.2 Å². The molecule has 0 spiro atoms. The Balaban J connectivity index is 1.89. The van der Waals surface area contributed by atoms with Crippen LogP contribution in [0.3, 0.4) is 0 Å². The number of hydrogen-bond donors (Lipinski definition) is 1. The first-order valence-electron chi connectivity index (χ1n) is 6.74. The van der Waals surface area contributed by atoms with Crippen LogP contribution in [0.5, 0.6) is 0 Å². The second kappa shape index (κ2) is 5.24. The number of amides is 1. The molecular weight excluding hydrogens is 360 g/mol. The van der Waals surface area contributed by atoms with E-state index in [0.29, 0.717) is 24.9 Å². The number of halogens is 1. The molecule has 1 unspecified atom stereocenters. The van der Waals surface area contributed by atoms with Gasteiger partial charge in [0.1, 0.15) is 9.84 Å². The van der Waals surface area contributed by atoms with Gasteiger partial charge in [-0.05, 0) is 40.8 Å². The summed E-state index contributed by atoms with van der Waals surface area (Å²) >= 11 is 3.31. The number of carboxylic acid groups (broad SMARTS) is 1. The molecule has 3 heterocycles. The van der Waals surface area contributed by atoms with E-state index in [-0.39, 0.29) is 23.5 Å². The molecule has 114 valence electrons. The molecule has 1 aromatic heterocycles. The van der Waals surface area contributed by atoms with Crippen molar-refractivity contribution in [3.63, 3.8) is 0 Å². The molecule has 1 saturated heterocycles. The summed E-state index contributed by atoms with van der Waals surface area (Å²) in [5.74, 6) is 0.363. The van der Waals surface area contributed by atoms with Crippen molar-refractivity contribution in [2.45, 2.75) is 25.3 Å². The molecule has 6 nitrogen and oxygen atoms in total. The van der Waals surface area contributed by atoms with Crippen LogP contribution in [0.4, 0.5) is 10.5 Å². The number of aromatic nitrogens is 1. The Hall–Kier alpha value is -1.15. The molecule has 3 rings (SSSR count). The van der Waals surface area contributed by atoms with E-state index >= 15 is 0 Å². The van der Waals surface area contributed by atoms with Crippen molar-refractivity contribution in [3.05, 3.63) is 22.4 Å². The third kappa shape index (κ3) is 2.78. The molecular formula is C13H15BrN2O4S. The number of carbonyl (C=O) groups is 1. The average Bonchev–Trinajstić information content (AvgIpc) is 2.77. The Bertz CT molecular complexity index is 677. The van der Waals surface area contributed by atoms with E-state index in [4.69, 9.17) is 0 Å². The van der Waals surface area contributed by atoms with Crippen LogP contribution >= 0.6 is 15.9 Å². The predicted molar refractivity (Wildman–Crippen MR) is 81.3 cm³/mol. The molecule has 0 bridgehead atoms. The third-order valence-corrected chi connectivity index (χ3v) is 6.41. The fourth-order valence-electron chi connectivity index (χ4n) is 3.21. The summed E-state index contributed by atoms with van der Waals surface area (Å²) in [5.41, 5.74) is 1.37. The van der Waals surface area contributed by atoms with Crippen molar-refractivity contribution in [3.8, 4) is 0 Å². The van der Waals surface area contributed by atoms with Crippen LogP contribution in [-0.4, -0.2) is 42.1 Å². The molecule has 1 fully saturated rings. The summed E-state index contributed by atoms with van der Waals surface area (Å²) < 4.78 is 23.8. The second-order valence-electron chi connectivity index (χ2n) is 5.53. The summed E-state index contributed by atoms with van der Waals surface area (Å²) in [6.07, 6.45) is 2.25. The zero-order valence-corrected chi connectivity index (χ0v) is 13.6. The fourth-order valence-corrected chi connectivity index (χ4v) is 5.05. The number of sulfone groups is 1. The minimum Gasteiger partial charge on any atom is -0.465 e. The lowest BCUT2D eigenvalue weighted by atomic mass is 9.91. The van der Waals surface area contributed by atoms with Crippen molar-refractivity contribution in [2.24, 2.45) is 5.92 Å². The summed E-state index contributed by atoms with van der Waals surface area (Å²) in [6, 6.07) is 1.55. The Labute approximate surface area is 131 Å². The topological polar surface area (TPSA) is 87.6 Å². The monoisotopic (exact) mass is 374 g/mol. The molecule has 0 radical (unpaired) electrons. The number of fused-ring (bicyclic) bond motifs is 1. The maximum absolute atomic E-state index is 11.6. The van der Waals surface area contributed by atoms with Gasteiger partial charge in [0.2, 0.25) is 0 Å². The maximum Gasteiger partial charge on any atom is 0.412 e. The summed E-state index contributed by atoms with van der Waals surface area (Å²) in [6.45, 7) is 0. The summed E-state index contributed by atoms with van der Waals surface area (Å²) in [7, 11) is -2.95. The Morgan fingerprint density at radius 3 is 2.67 bits per heavy atom. The van der Waals surface area contributed by atoms with Crippen LogP contribution < -0.4 is 4.90 Å². The quantitative estimate of drug-likeness (QED) is 0.812. The number of anilines is 1. The van der Waals surface area contributed by atoms with Crippen LogP contribution in [0.25, 0.3) is 0 Å². The largest absolute Gasteiger partial charge is 0.465 e. The first-order chi connectivity index (χ1) is 9.87. The van der Waals surface area contributed by atoms with E-state index in [1.54, 1.807) is 12.3 Å². The van der Waals surface area contributed by atoms with Crippen molar-refractivity contribution in [2.75, 3.05) is 16.4 Å². The SMILES string of the molecule is O=C(O)N1c2cc(Br)cnc2CC1C1CCS(=O)(=O)CC1. The van der Waals surface area contributed by atoms with E-state index in [9.17, 15) is 18.3 Å². The first kappa shape index (κ1) is 14.8. The van der Waals surface area contributed by atoms with Gasteiger partial charge in [-0.3, -0.25) is 9.88 Å². The van der Waals surface area contributed by atoms with Gasteiger partial charge >= 0.3 is 6.09 Å². The van der Waals surface area contributed by atoms with Gasteiger partial charge in [-0.1, -0.05) is 0 Å². The number of hydrogen-bond acceptors (Lipinski definition) is 4. The van der Waals surface area contributed by atoms with Gasteiger partial charge in [0, 0.05) is 23.1 Å². The van der Waals surface area contributed by atoms with E-state index in [1.165, 1.54) is 4.90 Å². The van der Waals surface area contributed by atoms with Crippen molar-refractivity contribution in [1.29, 1.82) is 0 Å². The molecule has 0 aliphatic carbocycles. The zero-order valence-electron chi connectivity index (χ0n) is 11.2. The van der Waals surface area contributed by atoms with Crippen LogP contribution in [0.1, 0.15) is 18.5 Å². The molecule has 1 amide bonds. The second-order valence-corrected chi connectivity index (χ2v) is 8.75. The van der Waals surface area contributed by atoms with Crippen LogP contribution in [-0.2, 0) is 16.3 Å². The smallest absolute Gasteiger partial charge is 0.412 e. The Morgan fingerprint density at radius 2 is 2.05 bits per heavy atom. The van der Waals surface area contributed by atoms with Crippen molar-refractivity contribution < 1.29 is 18.3 Å². The molecule has 1 atom stereocenters. The van der Waals surface area contributed by atoms with E-state index < -0.39 is 15.9 Å². The molecule has 21 heavy (non-hydrogen) atoms. The highest BCUT2D eigenvalue weighted by Crippen LogP contribution is 2.38. The molecule has 1 N–H and O–H groups in total. The number of pyridine rings is 1. The maximum atomic E-state index is 11.6. The van der Waals surface area contributed by atoms with Crippen LogP contribution in [0.2, 0.25) is 0 Å². The van der Waals surface area contributed by atoms with Gasteiger partial charge in [0.25, 0.3) is 0 Å². The first-order valence-corrected chi connectivity index (χ1v) is 9.36. The highest BCUT2D eigenvalue weighted by atomic mass is 79.9. The standard InChI is InChI=1S/C13H15BrN2O4S/c14-9-5-12-10(15-7-9)6-11(16(12)13(17)18)8-1-3-21(19,20)4-2-8/h5,7-8,11H,1-4,6H2,(H,17,18). The Kier molecular flexibility index (Phi) is 3.69. The lowest BCUT2D eigenvalue weighted by Gasteiger charge is -2.32. The van der Waals surface area contributed by atoms with Crippen LogP contribution in [0, 0.1) is 5.92 Å². The van der Waals surface area contributed by atoms with E-state index in [1.807, 2.05) is 0 Å². The molecule has 0 aromatic carbocycles. The minimum atomic E-state index is -2.95. The normalized spacial score (nSPS) is 24.8. The zero-order chi connectivity index (χ0) is 15.2. The van der Waals surface area contributed by atoms with Gasteiger partial charge in [0.15, 0.2) is 0 Å². The van der Waals surface area contributed by atoms with Crippen molar-refractivity contribution >= 4 is 37.5 Å². The lowest BCUT2D eigenvalue weighted by Crippen LogP contribution is -2.44. The van der Waals surface area contributed by atoms with Crippen LogP contribution in [0.15, 0.2) is 16.7 Å². The molecule has 8 heteroatoms. The van der Waals surface area contributed by atoms with Gasteiger partial charge in [0.05, 0.1) is 22.9 Å². The number of rotatable bonds is 1. The predicted octanol–water partition coefficient (Wildman–Crippen LogP) is 2.08. The van der Waals surface area contributed by atoms with Gasteiger partial charge in [-0.2, -0.15) is 0 Å². The van der Waals surface area contributed by atoms with Crippen molar-refractivity contribution in [1.82, 2.24) is 4.98 Å². The fraction of sp³-hybridized carbons (Fsp3) is 0.538. The molecule has 2 aliphatic heterocycles. The molecule has 1 aromatic rings. The lowest BCUT2D eigenvalue weighted by molar-refractivity contribution is 0.196. The van der Waals surface area contributed by atoms with Gasteiger partial charge in [-0.15, -0.1) is 0 Å². The summed E-state index contributed by atoms with van der Waals surface area (Å²) in [4.78, 5) is 17.3. The highest BCUT2D eigenvalue weighted by Gasteiger charge is 2.41. The van der Waals surface area contributed by atoms with Gasteiger partial charge < -0.3 is 5.11 Å². The molecule has 0 saturated carbocycles. The average molecular weight is 375 g/mol. The third-order valence-electron chi connectivity index (χ3n) is 4.26. The van der Waals surface area contributed by atoms with Gasteiger partial charge in [-0.25, -0.2) is 13.2 Å². The highest BCUT2D eigenvalue weighted by molar-refractivity contribution is 9.10. The number of nitrogens with zero attached hydrogens (tertiary/aromatic N) is 2. The Morgan fingerprint density at radius 1 is 1.38 bits per heavy atom. The minimum absolute atomic E-state index is 0.0672. The molecule has 2 aliphatic rings. The summed E-state index contributed by atoms with van der Waals surface area (Å²) in [5, 5.41) is 9.52. The van der Waals surface area contributed by atoms with E-state index in [2.05, 4.69) is 20.9 Å².